The summed E-state index contributed by atoms with van der Waals surface area (Å²) in [5.41, 5.74) is 0.0691. The fraction of sp³-hybridized carbons (Fsp3) is 0.786. The van der Waals surface area contributed by atoms with Crippen LogP contribution in [0.5, 0.6) is 0 Å². The lowest BCUT2D eigenvalue weighted by atomic mass is 9.97. The Hall–Kier alpha value is -1.03. The van der Waals surface area contributed by atoms with E-state index in [0.29, 0.717) is 6.42 Å². The van der Waals surface area contributed by atoms with Crippen LogP contribution < -0.4 is 5.32 Å². The van der Waals surface area contributed by atoms with E-state index < -0.39 is 0 Å². The Balaban J connectivity index is 2.50. The summed E-state index contributed by atoms with van der Waals surface area (Å²) in [5.74, 6) is 0. The summed E-state index contributed by atoms with van der Waals surface area (Å²) in [6.07, 6.45) is 7.58. The normalized spacial score (nSPS) is 21.3. The first-order chi connectivity index (χ1) is 8.44. The molecular weight excluding hydrogens is 228 g/mol. The molecule has 4 nitrogen and oxygen atoms in total. The molecule has 1 fully saturated rings. The number of nitrogens with one attached hydrogen (secondary N) is 1. The Kier molecular flexibility index (Phi) is 5.66. The van der Waals surface area contributed by atoms with Crippen LogP contribution in [0.1, 0.15) is 46.5 Å². The molecule has 0 aromatic heterocycles. The van der Waals surface area contributed by atoms with E-state index in [4.69, 9.17) is 5.11 Å². The quantitative estimate of drug-likeness (QED) is 0.813. The average Bonchev–Trinajstić information content (AvgIpc) is 2.28. The number of aliphatic hydroxyl groups is 1. The maximum atomic E-state index is 12.1. The molecule has 1 atom stereocenters. The van der Waals surface area contributed by atoms with Crippen LogP contribution in [0.3, 0.4) is 0 Å². The van der Waals surface area contributed by atoms with Gasteiger partial charge in [0.15, 0.2) is 0 Å². The molecule has 0 aliphatic carbocycles. The van der Waals surface area contributed by atoms with Gasteiger partial charge in [-0.05, 0) is 31.1 Å². The van der Waals surface area contributed by atoms with E-state index in [9.17, 15) is 4.79 Å². The number of hydrogen-bond acceptors (Lipinski definition) is 2. The fourth-order valence-corrected chi connectivity index (χ4v) is 2.16. The zero-order chi connectivity index (χ0) is 13.6. The Morgan fingerprint density at radius 1 is 1.44 bits per heavy atom. The minimum atomic E-state index is -0.0475. The van der Waals surface area contributed by atoms with Crippen LogP contribution in [-0.4, -0.2) is 35.2 Å². The van der Waals surface area contributed by atoms with Gasteiger partial charge >= 0.3 is 6.03 Å². The molecule has 1 rings (SSSR count). The second-order valence-electron chi connectivity index (χ2n) is 6.00. The molecule has 1 saturated heterocycles. The number of amides is 2. The molecule has 1 aliphatic rings. The largest absolute Gasteiger partial charge is 0.396 e. The van der Waals surface area contributed by atoms with Gasteiger partial charge in [-0.3, -0.25) is 0 Å². The van der Waals surface area contributed by atoms with E-state index in [1.54, 1.807) is 6.20 Å². The molecule has 1 aliphatic heterocycles. The number of carbonyl (C=O) groups is 1. The number of nitrogens with zero attached hydrogens (tertiary/aromatic N) is 1. The van der Waals surface area contributed by atoms with Gasteiger partial charge in [0, 0.05) is 25.4 Å². The first-order valence-corrected chi connectivity index (χ1v) is 6.80. The zero-order valence-electron chi connectivity index (χ0n) is 11.8. The summed E-state index contributed by atoms with van der Waals surface area (Å²) in [7, 11) is 0. The van der Waals surface area contributed by atoms with E-state index in [1.807, 2.05) is 11.0 Å². The highest BCUT2D eigenvalue weighted by Crippen LogP contribution is 2.19. The van der Waals surface area contributed by atoms with Crippen molar-refractivity contribution in [2.24, 2.45) is 5.41 Å². The molecule has 4 heteroatoms. The van der Waals surface area contributed by atoms with Gasteiger partial charge in [0.05, 0.1) is 0 Å². The summed E-state index contributed by atoms with van der Waals surface area (Å²) >= 11 is 0. The fourth-order valence-electron chi connectivity index (χ4n) is 2.16. The van der Waals surface area contributed by atoms with Crippen LogP contribution in [0.2, 0.25) is 0 Å². The topological polar surface area (TPSA) is 52.6 Å². The summed E-state index contributed by atoms with van der Waals surface area (Å²) in [6.45, 7) is 7.20. The van der Waals surface area contributed by atoms with Crippen LogP contribution in [0.25, 0.3) is 0 Å². The molecule has 0 aromatic carbocycles. The SMILES string of the molecule is CC(C)(C)/C=C/NC(=O)N1CCCCC1CCO. The molecule has 1 unspecified atom stereocenters. The molecule has 0 saturated carbocycles. The zero-order valence-corrected chi connectivity index (χ0v) is 11.8. The highest BCUT2D eigenvalue weighted by molar-refractivity contribution is 5.75. The van der Waals surface area contributed by atoms with Crippen LogP contribution in [0.15, 0.2) is 12.3 Å². The number of likely N-dealkylation sites (tertiary alicyclic amines) is 1. The van der Waals surface area contributed by atoms with Crippen molar-refractivity contribution in [2.75, 3.05) is 13.2 Å². The van der Waals surface area contributed by atoms with Crippen molar-refractivity contribution < 1.29 is 9.90 Å². The lowest BCUT2D eigenvalue weighted by Gasteiger charge is -2.35. The van der Waals surface area contributed by atoms with Crippen LogP contribution >= 0.6 is 0 Å². The Labute approximate surface area is 110 Å². The summed E-state index contributed by atoms with van der Waals surface area (Å²) in [5, 5.41) is 11.9. The molecule has 1 heterocycles. The van der Waals surface area contributed by atoms with Crippen molar-refractivity contribution in [2.45, 2.75) is 52.5 Å². The van der Waals surface area contributed by atoms with Crippen molar-refractivity contribution in [1.29, 1.82) is 0 Å². The highest BCUT2D eigenvalue weighted by atomic mass is 16.3. The van der Waals surface area contributed by atoms with Crippen molar-refractivity contribution in [3.8, 4) is 0 Å². The molecule has 2 amide bonds. The van der Waals surface area contributed by atoms with Crippen LogP contribution in [0.4, 0.5) is 4.79 Å². The van der Waals surface area contributed by atoms with Gasteiger partial charge in [0.1, 0.15) is 0 Å². The Bertz CT molecular complexity index is 293. The summed E-state index contributed by atoms with van der Waals surface area (Å²) < 4.78 is 0. The third kappa shape index (κ3) is 5.08. The van der Waals surface area contributed by atoms with E-state index in [-0.39, 0.29) is 24.1 Å². The van der Waals surface area contributed by atoms with E-state index >= 15 is 0 Å². The third-order valence-corrected chi connectivity index (χ3v) is 3.14. The Morgan fingerprint density at radius 2 is 2.17 bits per heavy atom. The molecule has 0 radical (unpaired) electrons. The number of carbonyl (C=O) groups excluding carboxylic acids is 1. The Morgan fingerprint density at radius 3 is 2.78 bits per heavy atom. The van der Waals surface area contributed by atoms with E-state index in [1.165, 1.54) is 0 Å². The number of hydrogen-bond donors (Lipinski definition) is 2. The van der Waals surface area contributed by atoms with Crippen molar-refractivity contribution in [3.05, 3.63) is 12.3 Å². The van der Waals surface area contributed by atoms with Gasteiger partial charge in [-0.1, -0.05) is 26.8 Å². The first-order valence-electron chi connectivity index (χ1n) is 6.80. The number of piperidine rings is 1. The molecular formula is C14H26N2O2. The third-order valence-electron chi connectivity index (χ3n) is 3.14. The van der Waals surface area contributed by atoms with Gasteiger partial charge < -0.3 is 15.3 Å². The van der Waals surface area contributed by atoms with Gasteiger partial charge in [-0.2, -0.15) is 0 Å². The standard InChI is InChI=1S/C14H26N2O2/c1-14(2,3)8-9-15-13(18)16-10-5-4-6-12(16)7-11-17/h8-9,12,17H,4-7,10-11H2,1-3H3,(H,15,18)/b9-8+. The molecule has 0 spiro atoms. The van der Waals surface area contributed by atoms with Gasteiger partial charge in [-0.25, -0.2) is 4.79 Å². The predicted molar refractivity (Wildman–Crippen MR) is 73.2 cm³/mol. The van der Waals surface area contributed by atoms with Crippen LogP contribution in [-0.2, 0) is 0 Å². The summed E-state index contributed by atoms with van der Waals surface area (Å²) in [4.78, 5) is 13.9. The van der Waals surface area contributed by atoms with Gasteiger partial charge in [0.2, 0.25) is 0 Å². The molecule has 104 valence electrons. The second kappa shape index (κ2) is 6.78. The number of allylic oxidation sites excluding steroid dienone is 1. The molecule has 0 aromatic rings. The molecule has 18 heavy (non-hydrogen) atoms. The van der Waals surface area contributed by atoms with Crippen molar-refractivity contribution in [1.82, 2.24) is 10.2 Å². The van der Waals surface area contributed by atoms with E-state index in [2.05, 4.69) is 26.1 Å². The minimum absolute atomic E-state index is 0.0475. The van der Waals surface area contributed by atoms with Gasteiger partial charge in [0.25, 0.3) is 0 Å². The molecule has 0 bridgehead atoms. The second-order valence-corrected chi connectivity index (χ2v) is 6.00. The minimum Gasteiger partial charge on any atom is -0.396 e. The van der Waals surface area contributed by atoms with Gasteiger partial charge in [-0.15, -0.1) is 0 Å². The first kappa shape index (κ1) is 15.0. The predicted octanol–water partition coefficient (Wildman–Crippen LogP) is 2.49. The monoisotopic (exact) mass is 254 g/mol. The van der Waals surface area contributed by atoms with Crippen molar-refractivity contribution in [3.63, 3.8) is 0 Å². The number of urea groups is 1. The smallest absolute Gasteiger partial charge is 0.321 e. The van der Waals surface area contributed by atoms with E-state index in [0.717, 1.165) is 25.8 Å². The maximum absolute atomic E-state index is 12.1. The highest BCUT2D eigenvalue weighted by Gasteiger charge is 2.25. The molecule has 2 N–H and O–H groups in total. The number of rotatable bonds is 3. The average molecular weight is 254 g/mol. The maximum Gasteiger partial charge on any atom is 0.321 e. The lowest BCUT2D eigenvalue weighted by molar-refractivity contribution is 0.134. The van der Waals surface area contributed by atoms with Crippen LogP contribution in [0, 0.1) is 5.41 Å². The lowest BCUT2D eigenvalue weighted by Crippen LogP contribution is -2.47. The van der Waals surface area contributed by atoms with Crippen molar-refractivity contribution >= 4 is 6.03 Å². The summed E-state index contributed by atoms with van der Waals surface area (Å²) in [6, 6.07) is 0.139. The number of aliphatic hydroxyl groups excluding tert-OH is 1.